The van der Waals surface area contributed by atoms with Crippen LogP contribution in [0.5, 0.6) is 0 Å². The Hall–Kier alpha value is -2.73. The minimum Gasteiger partial charge on any atom is -0.352 e. The van der Waals surface area contributed by atoms with Crippen LogP contribution < -0.4 is 16.0 Å². The zero-order valence-electron chi connectivity index (χ0n) is 15.1. The summed E-state index contributed by atoms with van der Waals surface area (Å²) >= 11 is 0. The summed E-state index contributed by atoms with van der Waals surface area (Å²) in [6.45, 7) is 2.50. The van der Waals surface area contributed by atoms with E-state index >= 15 is 0 Å². The summed E-state index contributed by atoms with van der Waals surface area (Å²) in [5.74, 6) is 0.0522. The second-order valence-electron chi connectivity index (χ2n) is 6.83. The van der Waals surface area contributed by atoms with Crippen LogP contribution >= 0.6 is 0 Å². The lowest BCUT2D eigenvalue weighted by atomic mass is 10.0. The fourth-order valence-corrected chi connectivity index (χ4v) is 3.10. The Kier molecular flexibility index (Phi) is 6.54. The number of carbonyl (C=O) groups is 2. The molecular weight excluding hydrogens is 345 g/mol. The monoisotopic (exact) mass is 369 g/mol. The van der Waals surface area contributed by atoms with Gasteiger partial charge in [0.1, 0.15) is 5.82 Å². The topological polar surface area (TPSA) is 70.2 Å². The van der Waals surface area contributed by atoms with Crippen LogP contribution in [-0.2, 0) is 11.3 Å². The van der Waals surface area contributed by atoms with Gasteiger partial charge in [0.25, 0.3) is 5.91 Å². The molecule has 0 radical (unpaired) electrons. The van der Waals surface area contributed by atoms with E-state index < -0.39 is 0 Å². The first kappa shape index (κ1) is 19.0. The van der Waals surface area contributed by atoms with Gasteiger partial charge in [0, 0.05) is 24.2 Å². The molecule has 1 unspecified atom stereocenters. The average Bonchev–Trinajstić information content (AvgIpc) is 3.20. The lowest BCUT2D eigenvalue weighted by Crippen LogP contribution is -2.23. The van der Waals surface area contributed by atoms with Gasteiger partial charge < -0.3 is 16.0 Å². The molecule has 2 aromatic carbocycles. The fourth-order valence-electron chi connectivity index (χ4n) is 3.10. The summed E-state index contributed by atoms with van der Waals surface area (Å²) in [4.78, 5) is 24.2. The van der Waals surface area contributed by atoms with Gasteiger partial charge >= 0.3 is 0 Å². The van der Waals surface area contributed by atoms with E-state index in [9.17, 15) is 14.0 Å². The Balaban J connectivity index is 1.44. The maximum atomic E-state index is 12.9. The highest BCUT2D eigenvalue weighted by Gasteiger charge is 2.15. The molecule has 0 saturated carbocycles. The van der Waals surface area contributed by atoms with Gasteiger partial charge in [0.05, 0.1) is 0 Å². The summed E-state index contributed by atoms with van der Waals surface area (Å²) in [5, 5.41) is 8.94. The maximum absolute atomic E-state index is 12.9. The molecule has 1 aliphatic rings. The molecule has 0 spiro atoms. The van der Waals surface area contributed by atoms with Gasteiger partial charge in [-0.3, -0.25) is 9.59 Å². The third-order valence-electron chi connectivity index (χ3n) is 4.75. The SMILES string of the molecule is O=C(CCC1CCNC1)NCc1ccc(C(=O)Nc2ccc(F)cc2)cc1. The number of hydrogen-bond acceptors (Lipinski definition) is 3. The number of benzene rings is 2. The minimum atomic E-state index is -0.348. The van der Waals surface area contributed by atoms with Gasteiger partial charge in [-0.1, -0.05) is 12.1 Å². The predicted molar refractivity (Wildman–Crippen MR) is 103 cm³/mol. The average molecular weight is 369 g/mol. The van der Waals surface area contributed by atoms with E-state index in [2.05, 4.69) is 16.0 Å². The molecule has 1 atom stereocenters. The van der Waals surface area contributed by atoms with Crippen LogP contribution in [0.15, 0.2) is 48.5 Å². The predicted octanol–water partition coefficient (Wildman–Crippen LogP) is 3.08. The number of anilines is 1. The number of rotatable bonds is 7. The summed E-state index contributed by atoms with van der Waals surface area (Å²) in [6, 6.07) is 12.7. The molecule has 142 valence electrons. The maximum Gasteiger partial charge on any atom is 0.255 e. The van der Waals surface area contributed by atoms with Crippen LogP contribution in [0.4, 0.5) is 10.1 Å². The van der Waals surface area contributed by atoms with E-state index in [1.54, 1.807) is 12.1 Å². The van der Waals surface area contributed by atoms with E-state index in [0.29, 0.717) is 30.1 Å². The first-order valence-electron chi connectivity index (χ1n) is 9.23. The van der Waals surface area contributed by atoms with Gasteiger partial charge in [-0.2, -0.15) is 0 Å². The summed E-state index contributed by atoms with van der Waals surface area (Å²) in [6.07, 6.45) is 2.61. The Bertz CT molecular complexity index is 769. The van der Waals surface area contributed by atoms with Crippen molar-refractivity contribution in [3.8, 4) is 0 Å². The van der Waals surface area contributed by atoms with E-state index in [1.165, 1.54) is 24.3 Å². The Morgan fingerprint density at radius 2 is 1.81 bits per heavy atom. The van der Waals surface area contributed by atoms with Gasteiger partial charge in [-0.15, -0.1) is 0 Å². The molecule has 2 aromatic rings. The third kappa shape index (κ3) is 5.89. The zero-order chi connectivity index (χ0) is 19.1. The van der Waals surface area contributed by atoms with Crippen LogP contribution in [0.3, 0.4) is 0 Å². The first-order chi connectivity index (χ1) is 13.1. The van der Waals surface area contributed by atoms with Crippen molar-refractivity contribution in [1.29, 1.82) is 0 Å². The van der Waals surface area contributed by atoms with E-state index in [0.717, 1.165) is 31.5 Å². The molecule has 0 aromatic heterocycles. The van der Waals surface area contributed by atoms with Crippen molar-refractivity contribution in [2.75, 3.05) is 18.4 Å². The number of amides is 2. The van der Waals surface area contributed by atoms with Crippen LogP contribution in [0.1, 0.15) is 35.2 Å². The molecule has 3 N–H and O–H groups in total. The molecule has 27 heavy (non-hydrogen) atoms. The third-order valence-corrected chi connectivity index (χ3v) is 4.75. The number of hydrogen-bond donors (Lipinski definition) is 3. The lowest BCUT2D eigenvalue weighted by molar-refractivity contribution is -0.121. The molecule has 1 aliphatic heterocycles. The highest BCUT2D eigenvalue weighted by Crippen LogP contribution is 2.14. The van der Waals surface area contributed by atoms with E-state index in [4.69, 9.17) is 0 Å². The quantitative estimate of drug-likeness (QED) is 0.702. The molecule has 6 heteroatoms. The Morgan fingerprint density at radius 1 is 1.07 bits per heavy atom. The van der Waals surface area contributed by atoms with Gasteiger partial charge in [-0.25, -0.2) is 4.39 Å². The second kappa shape index (κ2) is 9.28. The van der Waals surface area contributed by atoms with E-state index in [-0.39, 0.29) is 17.6 Å². The van der Waals surface area contributed by atoms with Gasteiger partial charge in [0.15, 0.2) is 0 Å². The van der Waals surface area contributed by atoms with Gasteiger partial charge in [-0.05, 0) is 73.8 Å². The largest absolute Gasteiger partial charge is 0.352 e. The van der Waals surface area contributed by atoms with Crippen molar-refractivity contribution < 1.29 is 14.0 Å². The smallest absolute Gasteiger partial charge is 0.255 e. The molecule has 0 aliphatic carbocycles. The van der Waals surface area contributed by atoms with Crippen molar-refractivity contribution in [3.63, 3.8) is 0 Å². The van der Waals surface area contributed by atoms with Crippen LogP contribution in [0.25, 0.3) is 0 Å². The standard InChI is InChI=1S/C21H24FN3O2/c22-18-6-8-19(9-7-18)25-21(27)17-4-1-15(2-5-17)14-24-20(26)10-3-16-11-12-23-13-16/h1-2,4-9,16,23H,3,10-14H2,(H,24,26)(H,25,27). The van der Waals surface area contributed by atoms with Crippen molar-refractivity contribution >= 4 is 17.5 Å². The van der Waals surface area contributed by atoms with Crippen molar-refractivity contribution in [3.05, 3.63) is 65.5 Å². The molecular formula is C21H24FN3O2. The number of nitrogens with one attached hydrogen (secondary N) is 3. The van der Waals surface area contributed by atoms with E-state index in [1.807, 2.05) is 12.1 Å². The first-order valence-corrected chi connectivity index (χ1v) is 9.23. The van der Waals surface area contributed by atoms with Crippen molar-refractivity contribution in [1.82, 2.24) is 10.6 Å². The van der Waals surface area contributed by atoms with Crippen molar-refractivity contribution in [2.24, 2.45) is 5.92 Å². The highest BCUT2D eigenvalue weighted by atomic mass is 19.1. The Morgan fingerprint density at radius 3 is 2.48 bits per heavy atom. The normalized spacial score (nSPS) is 16.1. The molecule has 0 bridgehead atoms. The molecule has 1 heterocycles. The minimum absolute atomic E-state index is 0.0556. The molecule has 2 amide bonds. The second-order valence-corrected chi connectivity index (χ2v) is 6.83. The van der Waals surface area contributed by atoms with Crippen LogP contribution in [0.2, 0.25) is 0 Å². The van der Waals surface area contributed by atoms with Crippen LogP contribution in [-0.4, -0.2) is 24.9 Å². The number of carbonyl (C=O) groups excluding carboxylic acids is 2. The Labute approximate surface area is 158 Å². The molecule has 5 nitrogen and oxygen atoms in total. The molecule has 1 fully saturated rings. The van der Waals surface area contributed by atoms with Crippen molar-refractivity contribution in [2.45, 2.75) is 25.8 Å². The molecule has 3 rings (SSSR count). The summed E-state index contributed by atoms with van der Waals surface area (Å²) < 4.78 is 12.9. The summed E-state index contributed by atoms with van der Waals surface area (Å²) in [7, 11) is 0. The van der Waals surface area contributed by atoms with Gasteiger partial charge in [0.2, 0.25) is 5.91 Å². The lowest BCUT2D eigenvalue weighted by Gasteiger charge is -2.09. The summed E-state index contributed by atoms with van der Waals surface area (Å²) in [5.41, 5.74) is 1.97. The highest BCUT2D eigenvalue weighted by molar-refractivity contribution is 6.04. The molecule has 1 saturated heterocycles. The fraction of sp³-hybridized carbons (Fsp3) is 0.333. The number of halogens is 1. The zero-order valence-corrected chi connectivity index (χ0v) is 15.1. The van der Waals surface area contributed by atoms with Crippen LogP contribution in [0, 0.1) is 11.7 Å².